The van der Waals surface area contributed by atoms with Gasteiger partial charge in [0.2, 0.25) is 0 Å². The maximum absolute atomic E-state index is 12.9. The average molecular weight is 342 g/mol. The van der Waals surface area contributed by atoms with Crippen LogP contribution in [-0.2, 0) is 4.79 Å². The van der Waals surface area contributed by atoms with Crippen molar-refractivity contribution in [2.24, 2.45) is 4.99 Å². The molecule has 0 spiro atoms. The van der Waals surface area contributed by atoms with E-state index in [-0.39, 0.29) is 17.7 Å². The molecule has 1 aliphatic heterocycles. The number of carbonyl (C=O) groups excluding carboxylic acids is 1. The first kappa shape index (κ1) is 16.8. The van der Waals surface area contributed by atoms with E-state index in [1.165, 1.54) is 18.2 Å². The number of phenols is 1. The van der Waals surface area contributed by atoms with Gasteiger partial charge in [-0.1, -0.05) is 43.5 Å². The van der Waals surface area contributed by atoms with E-state index in [1.54, 1.807) is 30.4 Å². The second-order valence-electron chi connectivity index (χ2n) is 6.05. The molecule has 5 heteroatoms. The number of rotatable bonds is 4. The van der Waals surface area contributed by atoms with E-state index in [1.807, 2.05) is 11.0 Å². The van der Waals surface area contributed by atoms with Gasteiger partial charge < -0.3 is 5.11 Å². The first-order valence-corrected chi connectivity index (χ1v) is 9.19. The van der Waals surface area contributed by atoms with Crippen LogP contribution in [0.3, 0.4) is 0 Å². The number of aromatic hydroxyl groups is 1. The lowest BCUT2D eigenvalue weighted by atomic mass is 9.94. The highest BCUT2D eigenvalue weighted by Crippen LogP contribution is 2.38. The van der Waals surface area contributed by atoms with Gasteiger partial charge in [0, 0.05) is 11.6 Å². The van der Waals surface area contributed by atoms with Crippen molar-refractivity contribution in [3.8, 4) is 5.75 Å². The average Bonchev–Trinajstić information content (AvgIpc) is 2.91. The minimum absolute atomic E-state index is 0.00188. The number of hydrogen-bond donors (Lipinski definition) is 1. The van der Waals surface area contributed by atoms with Crippen LogP contribution in [0, 0.1) is 0 Å². The molecule has 0 radical (unpaired) electrons. The minimum atomic E-state index is -0.00188. The summed E-state index contributed by atoms with van der Waals surface area (Å²) >= 11 is 1.39. The number of phenolic OH excluding ortho intramolecular Hbond substituents is 1. The van der Waals surface area contributed by atoms with Gasteiger partial charge in [0.1, 0.15) is 5.75 Å². The summed E-state index contributed by atoms with van der Waals surface area (Å²) in [5, 5.41) is 10.7. The van der Waals surface area contributed by atoms with Crippen LogP contribution in [-0.4, -0.2) is 33.7 Å². The molecule has 1 heterocycles. The van der Waals surface area contributed by atoms with E-state index >= 15 is 0 Å². The van der Waals surface area contributed by atoms with Gasteiger partial charge in [-0.3, -0.25) is 14.7 Å². The third-order valence-corrected chi connectivity index (χ3v) is 5.38. The number of hydrogen-bond acceptors (Lipinski definition) is 4. The number of amides is 1. The van der Waals surface area contributed by atoms with E-state index in [2.05, 4.69) is 11.6 Å². The molecule has 1 saturated carbocycles. The first-order chi connectivity index (χ1) is 11.7. The van der Waals surface area contributed by atoms with Crippen LogP contribution in [0.4, 0.5) is 0 Å². The van der Waals surface area contributed by atoms with Gasteiger partial charge in [0.05, 0.1) is 11.4 Å². The molecule has 0 unspecified atom stereocenters. The van der Waals surface area contributed by atoms with Crippen LogP contribution in [0.15, 0.2) is 46.8 Å². The molecule has 126 valence electrons. The summed E-state index contributed by atoms with van der Waals surface area (Å²) in [6.07, 6.45) is 9.12. The van der Waals surface area contributed by atoms with Crippen molar-refractivity contribution in [3.63, 3.8) is 0 Å². The summed E-state index contributed by atoms with van der Waals surface area (Å²) in [4.78, 5) is 19.9. The highest BCUT2D eigenvalue weighted by molar-refractivity contribution is 8.18. The Balaban J connectivity index is 1.91. The minimum Gasteiger partial charge on any atom is -0.507 e. The fraction of sp³-hybridized carbons (Fsp3) is 0.368. The molecular weight excluding hydrogens is 320 g/mol. The lowest BCUT2D eigenvalue weighted by molar-refractivity contribution is -0.124. The summed E-state index contributed by atoms with van der Waals surface area (Å²) < 4.78 is 0. The van der Waals surface area contributed by atoms with E-state index in [0.717, 1.165) is 30.9 Å². The van der Waals surface area contributed by atoms with Crippen LogP contribution >= 0.6 is 11.8 Å². The van der Waals surface area contributed by atoms with Gasteiger partial charge in [0.25, 0.3) is 5.91 Å². The number of nitrogens with zero attached hydrogens (tertiary/aromatic N) is 2. The van der Waals surface area contributed by atoms with Crippen LogP contribution < -0.4 is 0 Å². The molecule has 2 fully saturated rings. The summed E-state index contributed by atoms with van der Waals surface area (Å²) in [5.74, 6) is 0.178. The molecule has 0 aromatic heterocycles. The van der Waals surface area contributed by atoms with Crippen LogP contribution in [0.5, 0.6) is 5.75 Å². The third kappa shape index (κ3) is 3.56. The Kier molecular flexibility index (Phi) is 5.41. The summed E-state index contributed by atoms with van der Waals surface area (Å²) in [6.45, 7) is 4.21. The van der Waals surface area contributed by atoms with Gasteiger partial charge in [-0.25, -0.2) is 0 Å². The monoisotopic (exact) mass is 342 g/mol. The highest BCUT2D eigenvalue weighted by atomic mass is 32.2. The summed E-state index contributed by atoms with van der Waals surface area (Å²) in [6, 6.07) is 7.29. The Morgan fingerprint density at radius 3 is 2.75 bits per heavy atom. The predicted octanol–water partition coefficient (Wildman–Crippen LogP) is 4.18. The van der Waals surface area contributed by atoms with Crippen LogP contribution in [0.2, 0.25) is 0 Å². The number of thioether (sulfide) groups is 1. The predicted molar refractivity (Wildman–Crippen MR) is 99.9 cm³/mol. The zero-order valence-corrected chi connectivity index (χ0v) is 14.5. The molecule has 2 aliphatic rings. The lowest BCUT2D eigenvalue weighted by Gasteiger charge is -2.30. The van der Waals surface area contributed by atoms with E-state index < -0.39 is 0 Å². The fourth-order valence-electron chi connectivity index (χ4n) is 3.15. The smallest absolute Gasteiger partial charge is 0.267 e. The number of carbonyl (C=O) groups is 1. The van der Waals surface area contributed by atoms with Gasteiger partial charge >= 0.3 is 0 Å². The molecule has 1 aliphatic carbocycles. The Morgan fingerprint density at radius 2 is 2.04 bits per heavy atom. The second-order valence-corrected chi connectivity index (χ2v) is 7.06. The maximum Gasteiger partial charge on any atom is 0.267 e. The Labute approximate surface area is 147 Å². The molecule has 1 amide bonds. The van der Waals surface area contributed by atoms with Crippen molar-refractivity contribution in [1.29, 1.82) is 0 Å². The zero-order chi connectivity index (χ0) is 16.9. The van der Waals surface area contributed by atoms with E-state index in [9.17, 15) is 9.90 Å². The number of benzene rings is 1. The SMILES string of the molecule is C=CCN=C1SC(=Cc2ccccc2O)C(=O)N1C1CCCCC1. The molecule has 1 saturated heterocycles. The molecule has 1 N–H and O–H groups in total. The van der Waals surface area contributed by atoms with Gasteiger partial charge in [-0.2, -0.15) is 0 Å². The number of aliphatic imine (C=N–C) groups is 1. The first-order valence-electron chi connectivity index (χ1n) is 8.37. The van der Waals surface area contributed by atoms with Crippen molar-refractivity contribution in [1.82, 2.24) is 4.90 Å². The molecule has 1 aromatic carbocycles. The Morgan fingerprint density at radius 1 is 1.29 bits per heavy atom. The highest BCUT2D eigenvalue weighted by Gasteiger charge is 2.38. The second kappa shape index (κ2) is 7.71. The van der Waals surface area contributed by atoms with Crippen LogP contribution in [0.25, 0.3) is 6.08 Å². The molecular formula is C19H22N2O2S. The lowest BCUT2D eigenvalue weighted by Crippen LogP contribution is -2.40. The zero-order valence-electron chi connectivity index (χ0n) is 13.6. The van der Waals surface area contributed by atoms with Gasteiger partial charge in [-0.05, 0) is 36.7 Å². The number of para-hydroxylation sites is 1. The molecule has 1 aromatic rings. The largest absolute Gasteiger partial charge is 0.507 e. The van der Waals surface area contributed by atoms with Crippen LogP contribution in [0.1, 0.15) is 37.7 Å². The molecule has 4 nitrogen and oxygen atoms in total. The van der Waals surface area contributed by atoms with Crippen molar-refractivity contribution < 1.29 is 9.90 Å². The Hall–Kier alpha value is -2.01. The standard InChI is InChI=1S/C19H22N2O2S/c1-2-12-20-19-21(15-9-4-3-5-10-15)18(23)17(24-19)13-14-8-6-7-11-16(14)22/h2,6-8,11,13,15,22H,1,3-5,9-10,12H2. The molecule has 24 heavy (non-hydrogen) atoms. The third-order valence-electron chi connectivity index (χ3n) is 4.36. The molecule has 3 rings (SSSR count). The van der Waals surface area contributed by atoms with E-state index in [4.69, 9.17) is 0 Å². The topological polar surface area (TPSA) is 52.9 Å². The van der Waals surface area contributed by atoms with Gasteiger partial charge in [-0.15, -0.1) is 6.58 Å². The quantitative estimate of drug-likeness (QED) is 0.659. The molecule has 0 bridgehead atoms. The van der Waals surface area contributed by atoms with Gasteiger partial charge in [0.15, 0.2) is 5.17 Å². The Bertz CT molecular complexity index is 690. The maximum atomic E-state index is 12.9. The van der Waals surface area contributed by atoms with Crippen molar-refractivity contribution in [2.75, 3.05) is 6.54 Å². The van der Waals surface area contributed by atoms with Crippen molar-refractivity contribution in [2.45, 2.75) is 38.1 Å². The van der Waals surface area contributed by atoms with E-state index in [0.29, 0.717) is 17.0 Å². The summed E-state index contributed by atoms with van der Waals surface area (Å²) in [5.41, 5.74) is 0.655. The fourth-order valence-corrected chi connectivity index (χ4v) is 4.19. The number of amidine groups is 1. The summed E-state index contributed by atoms with van der Waals surface area (Å²) in [7, 11) is 0. The van der Waals surface area contributed by atoms with Crippen molar-refractivity contribution >= 4 is 28.9 Å². The van der Waals surface area contributed by atoms with Crippen molar-refractivity contribution in [3.05, 3.63) is 47.4 Å². The molecule has 0 atom stereocenters. The normalized spacial score (nSPS) is 22.5.